The largest absolute Gasteiger partial charge is 0.336 e. The lowest BCUT2D eigenvalue weighted by atomic mass is 10.2. The van der Waals surface area contributed by atoms with Crippen LogP contribution in [0, 0.1) is 0 Å². The van der Waals surface area contributed by atoms with Gasteiger partial charge >= 0.3 is 6.03 Å². The molecular weight excluding hydrogens is 220 g/mol. The maximum absolute atomic E-state index is 11.5. The zero-order valence-corrected chi connectivity index (χ0v) is 10.7. The molecule has 3 nitrogen and oxygen atoms in total. The third-order valence-electron chi connectivity index (χ3n) is 2.26. The normalized spacial score (nSPS) is 10.9. The summed E-state index contributed by atoms with van der Waals surface area (Å²) in [7, 11) is 0. The number of benzene rings is 1. The van der Waals surface area contributed by atoms with E-state index in [2.05, 4.69) is 24.5 Å². The minimum atomic E-state index is -0.159. The van der Waals surface area contributed by atoms with E-state index in [1.807, 2.05) is 36.6 Å². The van der Waals surface area contributed by atoms with E-state index in [1.165, 1.54) is 0 Å². The molecule has 16 heavy (non-hydrogen) atoms. The number of thioether (sulfide) groups is 1. The molecule has 2 amide bonds. The molecule has 0 heterocycles. The molecule has 0 spiro atoms. The van der Waals surface area contributed by atoms with Gasteiger partial charge in [-0.25, -0.2) is 4.79 Å². The van der Waals surface area contributed by atoms with Crippen LogP contribution in [0.5, 0.6) is 0 Å². The van der Waals surface area contributed by atoms with E-state index in [0.717, 1.165) is 5.69 Å². The van der Waals surface area contributed by atoms with Gasteiger partial charge in [0.2, 0.25) is 0 Å². The number of rotatable bonds is 4. The molecule has 0 aliphatic rings. The van der Waals surface area contributed by atoms with E-state index in [1.54, 1.807) is 11.8 Å². The number of carbonyl (C=O) groups excluding carboxylic acids is 1. The lowest BCUT2D eigenvalue weighted by Gasteiger charge is -2.22. The summed E-state index contributed by atoms with van der Waals surface area (Å²) >= 11 is 1.73. The summed E-state index contributed by atoms with van der Waals surface area (Å²) in [6, 6.07) is 9.26. The summed E-state index contributed by atoms with van der Waals surface area (Å²) < 4.78 is 0.0635. The standard InChI is InChI=1S/C12H18N2OS/c1-12(2,16-3)9-13-11(15)14-10-7-5-4-6-8-10/h4-8H,9H2,1-3H3,(H2,13,14,15). The van der Waals surface area contributed by atoms with Gasteiger partial charge in [-0.15, -0.1) is 0 Å². The first kappa shape index (κ1) is 12.9. The number of amides is 2. The lowest BCUT2D eigenvalue weighted by Crippen LogP contribution is -2.38. The van der Waals surface area contributed by atoms with Crippen molar-refractivity contribution in [1.82, 2.24) is 5.32 Å². The molecule has 1 aromatic rings. The quantitative estimate of drug-likeness (QED) is 0.846. The van der Waals surface area contributed by atoms with E-state index in [9.17, 15) is 4.79 Å². The number of urea groups is 1. The van der Waals surface area contributed by atoms with Crippen LogP contribution >= 0.6 is 11.8 Å². The highest BCUT2D eigenvalue weighted by Gasteiger charge is 2.16. The Morgan fingerprint density at radius 1 is 1.31 bits per heavy atom. The minimum absolute atomic E-state index is 0.0635. The van der Waals surface area contributed by atoms with E-state index in [4.69, 9.17) is 0 Å². The smallest absolute Gasteiger partial charge is 0.319 e. The molecule has 4 heteroatoms. The highest BCUT2D eigenvalue weighted by molar-refractivity contribution is 7.99. The fourth-order valence-corrected chi connectivity index (χ4v) is 1.28. The number of hydrogen-bond acceptors (Lipinski definition) is 2. The van der Waals surface area contributed by atoms with Gasteiger partial charge in [-0.3, -0.25) is 0 Å². The fourth-order valence-electron chi connectivity index (χ4n) is 1.06. The molecule has 0 saturated carbocycles. The van der Waals surface area contributed by atoms with Crippen LogP contribution in [0.15, 0.2) is 30.3 Å². The molecule has 0 fully saturated rings. The van der Waals surface area contributed by atoms with E-state index >= 15 is 0 Å². The molecule has 88 valence electrons. The van der Waals surface area contributed by atoms with Crippen molar-refractivity contribution in [2.45, 2.75) is 18.6 Å². The monoisotopic (exact) mass is 238 g/mol. The first-order valence-electron chi connectivity index (χ1n) is 5.18. The maximum atomic E-state index is 11.5. The summed E-state index contributed by atoms with van der Waals surface area (Å²) in [5, 5.41) is 5.63. The van der Waals surface area contributed by atoms with Gasteiger partial charge in [-0.05, 0) is 32.2 Å². The molecule has 0 saturated heterocycles. The number of carbonyl (C=O) groups is 1. The van der Waals surface area contributed by atoms with Crippen LogP contribution in [0.2, 0.25) is 0 Å². The van der Waals surface area contributed by atoms with Crippen molar-refractivity contribution in [3.8, 4) is 0 Å². The molecule has 2 N–H and O–H groups in total. The molecule has 1 rings (SSSR count). The van der Waals surface area contributed by atoms with Gasteiger partial charge in [0.05, 0.1) is 0 Å². The molecule has 0 aromatic heterocycles. The molecule has 0 radical (unpaired) electrons. The van der Waals surface area contributed by atoms with Crippen LogP contribution in [-0.2, 0) is 0 Å². The van der Waals surface area contributed by atoms with E-state index < -0.39 is 0 Å². The predicted octanol–water partition coefficient (Wildman–Crippen LogP) is 2.95. The van der Waals surface area contributed by atoms with Crippen molar-refractivity contribution in [1.29, 1.82) is 0 Å². The molecule has 0 atom stereocenters. The van der Waals surface area contributed by atoms with E-state index in [-0.39, 0.29) is 10.8 Å². The molecule has 0 aliphatic heterocycles. The average Bonchev–Trinajstić information content (AvgIpc) is 2.28. The second-order valence-electron chi connectivity index (χ2n) is 4.14. The average molecular weight is 238 g/mol. The summed E-state index contributed by atoms with van der Waals surface area (Å²) in [4.78, 5) is 11.5. The highest BCUT2D eigenvalue weighted by atomic mass is 32.2. The Morgan fingerprint density at radius 3 is 2.50 bits per heavy atom. The maximum Gasteiger partial charge on any atom is 0.319 e. The van der Waals surface area contributed by atoms with Crippen molar-refractivity contribution in [3.05, 3.63) is 30.3 Å². The van der Waals surface area contributed by atoms with Gasteiger partial charge in [0.1, 0.15) is 0 Å². The van der Waals surface area contributed by atoms with Gasteiger partial charge in [-0.1, -0.05) is 18.2 Å². The zero-order valence-electron chi connectivity index (χ0n) is 9.91. The Kier molecular flexibility index (Phi) is 4.68. The summed E-state index contributed by atoms with van der Waals surface area (Å²) in [5.74, 6) is 0. The summed E-state index contributed by atoms with van der Waals surface area (Å²) in [5.41, 5.74) is 0.807. The van der Waals surface area contributed by atoms with Crippen molar-refractivity contribution in [3.63, 3.8) is 0 Å². The molecule has 0 aliphatic carbocycles. The minimum Gasteiger partial charge on any atom is -0.336 e. The van der Waals surface area contributed by atoms with E-state index in [0.29, 0.717) is 6.54 Å². The zero-order chi connectivity index (χ0) is 12.0. The first-order valence-corrected chi connectivity index (χ1v) is 6.41. The van der Waals surface area contributed by atoms with Gasteiger partial charge in [0.15, 0.2) is 0 Å². The second-order valence-corrected chi connectivity index (χ2v) is 5.65. The summed E-state index contributed by atoms with van der Waals surface area (Å²) in [6.45, 7) is 4.84. The molecular formula is C12H18N2OS. The first-order chi connectivity index (χ1) is 7.53. The lowest BCUT2D eigenvalue weighted by molar-refractivity contribution is 0.251. The van der Waals surface area contributed by atoms with Crippen LogP contribution < -0.4 is 10.6 Å². The Morgan fingerprint density at radius 2 is 1.94 bits per heavy atom. The molecule has 1 aromatic carbocycles. The Hall–Kier alpha value is -1.16. The highest BCUT2D eigenvalue weighted by Crippen LogP contribution is 2.19. The van der Waals surface area contributed by atoms with Crippen molar-refractivity contribution in [2.75, 3.05) is 18.1 Å². The third kappa shape index (κ3) is 4.57. The number of anilines is 1. The SMILES string of the molecule is CSC(C)(C)CNC(=O)Nc1ccccc1. The van der Waals surface area contributed by atoms with Gasteiger partial charge < -0.3 is 10.6 Å². The van der Waals surface area contributed by atoms with Gasteiger partial charge in [0.25, 0.3) is 0 Å². The topological polar surface area (TPSA) is 41.1 Å². The summed E-state index contributed by atoms with van der Waals surface area (Å²) in [6.07, 6.45) is 2.04. The van der Waals surface area contributed by atoms with Crippen LogP contribution in [-0.4, -0.2) is 23.6 Å². The Bertz CT molecular complexity index is 338. The van der Waals surface area contributed by atoms with Gasteiger partial charge in [-0.2, -0.15) is 11.8 Å². The number of nitrogens with one attached hydrogen (secondary N) is 2. The number of hydrogen-bond donors (Lipinski definition) is 2. The van der Waals surface area contributed by atoms with Crippen LogP contribution in [0.25, 0.3) is 0 Å². The Balaban J connectivity index is 2.38. The predicted molar refractivity (Wildman–Crippen MR) is 71.1 cm³/mol. The second kappa shape index (κ2) is 5.80. The van der Waals surface area contributed by atoms with Crippen molar-refractivity contribution in [2.24, 2.45) is 0 Å². The van der Waals surface area contributed by atoms with Crippen molar-refractivity contribution >= 4 is 23.5 Å². The molecule has 0 unspecified atom stereocenters. The van der Waals surface area contributed by atoms with Crippen LogP contribution in [0.4, 0.5) is 10.5 Å². The Labute approximate surface area is 101 Å². The number of para-hydroxylation sites is 1. The van der Waals surface area contributed by atoms with Crippen molar-refractivity contribution < 1.29 is 4.79 Å². The third-order valence-corrected chi connectivity index (χ3v) is 3.51. The van der Waals surface area contributed by atoms with Crippen LogP contribution in [0.3, 0.4) is 0 Å². The van der Waals surface area contributed by atoms with Gasteiger partial charge in [0, 0.05) is 17.0 Å². The molecule has 0 bridgehead atoms. The fraction of sp³-hybridized carbons (Fsp3) is 0.417. The van der Waals surface area contributed by atoms with Crippen LogP contribution in [0.1, 0.15) is 13.8 Å².